The molecule has 0 saturated heterocycles. The fraction of sp³-hybridized carbons (Fsp3) is 0.600. The van der Waals surface area contributed by atoms with Crippen molar-refractivity contribution >= 4 is 0 Å². The van der Waals surface area contributed by atoms with Crippen LogP contribution in [-0.4, -0.2) is 11.1 Å². The first kappa shape index (κ1) is 13.3. The average Bonchev–Trinajstić information content (AvgIpc) is 3.11. The van der Waals surface area contributed by atoms with Crippen molar-refractivity contribution in [2.45, 2.75) is 51.6 Å². The Kier molecular flexibility index (Phi) is 4.23. The number of hydrogen-bond donors (Lipinski definition) is 2. The van der Waals surface area contributed by atoms with Gasteiger partial charge in [0.25, 0.3) is 0 Å². The van der Waals surface area contributed by atoms with Crippen LogP contribution >= 0.6 is 0 Å². The van der Waals surface area contributed by atoms with Gasteiger partial charge in [-0.15, -0.1) is 0 Å². The Morgan fingerprint density at radius 2 is 2.17 bits per heavy atom. The molecule has 2 nitrogen and oxygen atoms in total. The molecule has 0 aromatic heterocycles. The lowest BCUT2D eigenvalue weighted by atomic mass is 10.0. The van der Waals surface area contributed by atoms with Crippen LogP contribution in [0.15, 0.2) is 18.2 Å². The molecule has 0 radical (unpaired) electrons. The summed E-state index contributed by atoms with van der Waals surface area (Å²) in [6.07, 6.45) is 5.01. The predicted octanol–water partition coefficient (Wildman–Crippen LogP) is 3.76. The van der Waals surface area contributed by atoms with Gasteiger partial charge in [-0.3, -0.25) is 0 Å². The summed E-state index contributed by atoms with van der Waals surface area (Å²) < 4.78 is 12.9. The second-order valence-corrected chi connectivity index (χ2v) is 5.38. The van der Waals surface area contributed by atoms with Crippen LogP contribution in [0.25, 0.3) is 0 Å². The zero-order valence-electron chi connectivity index (χ0n) is 11.1. The van der Waals surface area contributed by atoms with Gasteiger partial charge in [0.15, 0.2) is 0 Å². The van der Waals surface area contributed by atoms with E-state index < -0.39 is 5.82 Å². The summed E-state index contributed by atoms with van der Waals surface area (Å²) in [6, 6.07) is 4.77. The van der Waals surface area contributed by atoms with Gasteiger partial charge in [0, 0.05) is 23.7 Å². The number of phenolic OH excluding ortho intramolecular Hbond substituents is 1. The number of aromatic hydroxyl groups is 1. The zero-order valence-corrected chi connectivity index (χ0v) is 11.1. The Bertz CT molecular complexity index is 403. The normalized spacial score (nSPS) is 18.6. The van der Waals surface area contributed by atoms with E-state index in [1.165, 1.54) is 31.4 Å². The standard InChI is InChI=1S/C15H22FNO/c1-3-13(8-11-4-5-11)17-10(2)14-7-6-12(16)9-15(14)18/h6-7,9-11,13,17-18H,3-5,8H2,1-2H3. The average molecular weight is 251 g/mol. The maximum Gasteiger partial charge on any atom is 0.126 e. The molecule has 100 valence electrons. The largest absolute Gasteiger partial charge is 0.508 e. The molecule has 2 rings (SSSR count). The number of benzene rings is 1. The Morgan fingerprint density at radius 1 is 1.44 bits per heavy atom. The monoisotopic (exact) mass is 251 g/mol. The molecule has 2 N–H and O–H groups in total. The van der Waals surface area contributed by atoms with Crippen LogP contribution in [0.3, 0.4) is 0 Å². The molecule has 0 amide bonds. The van der Waals surface area contributed by atoms with Crippen molar-refractivity contribution in [3.05, 3.63) is 29.6 Å². The van der Waals surface area contributed by atoms with Gasteiger partial charge in [-0.1, -0.05) is 25.8 Å². The molecule has 1 aliphatic rings. The Hall–Kier alpha value is -1.09. The lowest BCUT2D eigenvalue weighted by Crippen LogP contribution is -2.31. The summed E-state index contributed by atoms with van der Waals surface area (Å²) in [7, 11) is 0. The van der Waals surface area contributed by atoms with Crippen LogP contribution < -0.4 is 5.32 Å². The second kappa shape index (κ2) is 5.70. The summed E-state index contributed by atoms with van der Waals surface area (Å²) in [6.45, 7) is 4.19. The van der Waals surface area contributed by atoms with E-state index in [1.807, 2.05) is 6.92 Å². The maximum absolute atomic E-state index is 12.9. The van der Waals surface area contributed by atoms with E-state index in [0.29, 0.717) is 6.04 Å². The van der Waals surface area contributed by atoms with E-state index in [1.54, 1.807) is 6.07 Å². The third kappa shape index (κ3) is 3.45. The topological polar surface area (TPSA) is 32.3 Å². The number of halogens is 1. The Labute approximate surface area is 108 Å². The number of hydrogen-bond acceptors (Lipinski definition) is 2. The molecule has 3 heteroatoms. The van der Waals surface area contributed by atoms with Crippen molar-refractivity contribution in [2.75, 3.05) is 0 Å². The van der Waals surface area contributed by atoms with Crippen LogP contribution in [0.1, 0.15) is 51.1 Å². The van der Waals surface area contributed by atoms with Crippen LogP contribution in [0.2, 0.25) is 0 Å². The summed E-state index contributed by atoms with van der Waals surface area (Å²) in [4.78, 5) is 0. The SMILES string of the molecule is CCC(CC1CC1)NC(C)c1ccc(F)cc1O. The van der Waals surface area contributed by atoms with Gasteiger partial charge in [0.05, 0.1) is 0 Å². The molecule has 1 aromatic carbocycles. The Balaban J connectivity index is 1.98. The molecule has 1 fully saturated rings. The summed E-state index contributed by atoms with van der Waals surface area (Å²) in [5.41, 5.74) is 0.769. The van der Waals surface area contributed by atoms with E-state index in [9.17, 15) is 9.50 Å². The molecular weight excluding hydrogens is 229 g/mol. The molecule has 0 spiro atoms. The molecule has 2 unspecified atom stereocenters. The molecule has 0 bridgehead atoms. The smallest absolute Gasteiger partial charge is 0.126 e. The Morgan fingerprint density at radius 3 is 2.72 bits per heavy atom. The first-order valence-electron chi connectivity index (χ1n) is 6.84. The maximum atomic E-state index is 12.9. The summed E-state index contributed by atoms with van der Waals surface area (Å²) >= 11 is 0. The molecule has 1 aliphatic carbocycles. The van der Waals surface area contributed by atoms with Gasteiger partial charge in [-0.05, 0) is 31.7 Å². The fourth-order valence-electron chi connectivity index (χ4n) is 2.43. The van der Waals surface area contributed by atoms with Gasteiger partial charge in [0.1, 0.15) is 11.6 Å². The van der Waals surface area contributed by atoms with E-state index >= 15 is 0 Å². The van der Waals surface area contributed by atoms with Crippen molar-refractivity contribution < 1.29 is 9.50 Å². The van der Waals surface area contributed by atoms with Crippen molar-refractivity contribution in [1.29, 1.82) is 0 Å². The van der Waals surface area contributed by atoms with Gasteiger partial charge in [-0.25, -0.2) is 4.39 Å². The van der Waals surface area contributed by atoms with Gasteiger partial charge >= 0.3 is 0 Å². The highest BCUT2D eigenvalue weighted by atomic mass is 19.1. The van der Waals surface area contributed by atoms with Crippen LogP contribution in [0.4, 0.5) is 4.39 Å². The molecule has 18 heavy (non-hydrogen) atoms. The first-order chi connectivity index (χ1) is 8.60. The number of rotatable bonds is 6. The van der Waals surface area contributed by atoms with Gasteiger partial charge in [0.2, 0.25) is 0 Å². The highest BCUT2D eigenvalue weighted by Gasteiger charge is 2.25. The molecule has 1 aromatic rings. The highest BCUT2D eigenvalue weighted by molar-refractivity contribution is 5.34. The van der Waals surface area contributed by atoms with Crippen LogP contribution in [0.5, 0.6) is 5.75 Å². The van der Waals surface area contributed by atoms with E-state index in [0.717, 1.165) is 17.9 Å². The second-order valence-electron chi connectivity index (χ2n) is 5.38. The third-order valence-electron chi connectivity index (χ3n) is 3.75. The van der Waals surface area contributed by atoms with E-state index in [-0.39, 0.29) is 11.8 Å². The summed E-state index contributed by atoms with van der Waals surface area (Å²) in [5.74, 6) is 0.529. The van der Waals surface area contributed by atoms with Crippen LogP contribution in [0, 0.1) is 11.7 Å². The summed E-state index contributed by atoms with van der Waals surface area (Å²) in [5, 5.41) is 13.3. The number of nitrogens with one attached hydrogen (secondary N) is 1. The molecule has 0 aliphatic heterocycles. The van der Waals surface area contributed by atoms with Gasteiger partial charge < -0.3 is 10.4 Å². The third-order valence-corrected chi connectivity index (χ3v) is 3.75. The lowest BCUT2D eigenvalue weighted by molar-refractivity contribution is 0.390. The van der Waals surface area contributed by atoms with E-state index in [4.69, 9.17) is 0 Å². The highest BCUT2D eigenvalue weighted by Crippen LogP contribution is 2.35. The number of phenols is 1. The van der Waals surface area contributed by atoms with Crippen LogP contribution in [-0.2, 0) is 0 Å². The minimum Gasteiger partial charge on any atom is -0.508 e. The molecule has 1 saturated carbocycles. The first-order valence-corrected chi connectivity index (χ1v) is 6.84. The van der Waals surface area contributed by atoms with Crippen molar-refractivity contribution in [3.63, 3.8) is 0 Å². The zero-order chi connectivity index (χ0) is 13.1. The molecule has 0 heterocycles. The van der Waals surface area contributed by atoms with Crippen molar-refractivity contribution in [2.24, 2.45) is 5.92 Å². The van der Waals surface area contributed by atoms with Crippen molar-refractivity contribution in [1.82, 2.24) is 5.32 Å². The van der Waals surface area contributed by atoms with Crippen molar-refractivity contribution in [3.8, 4) is 5.75 Å². The van der Waals surface area contributed by atoms with Gasteiger partial charge in [-0.2, -0.15) is 0 Å². The predicted molar refractivity (Wildman–Crippen MR) is 71.0 cm³/mol. The molecular formula is C15H22FNO. The van der Waals surface area contributed by atoms with E-state index in [2.05, 4.69) is 12.2 Å². The minimum absolute atomic E-state index is 0.0382. The molecule has 2 atom stereocenters. The lowest BCUT2D eigenvalue weighted by Gasteiger charge is -2.23. The fourth-order valence-corrected chi connectivity index (χ4v) is 2.43. The quantitative estimate of drug-likeness (QED) is 0.806. The minimum atomic E-state index is -0.395.